The highest BCUT2D eigenvalue weighted by Gasteiger charge is 2.36. The van der Waals surface area contributed by atoms with Crippen LogP contribution in [0.25, 0.3) is 0 Å². The standard InChI is InChI=1S/C14H17BrN2O4S/c15-11-2-1-3-13(6-11)22(19,20)17-5-4-10(7-17)14(18)16-12-8-21-9-12/h1-3,6,10,12H,4-5,7-9H2,(H,16,18). The van der Waals surface area contributed by atoms with Crippen molar-refractivity contribution in [3.05, 3.63) is 28.7 Å². The van der Waals surface area contributed by atoms with Crippen LogP contribution in [0.3, 0.4) is 0 Å². The second-order valence-corrected chi connectivity index (χ2v) is 8.40. The second-order valence-electron chi connectivity index (χ2n) is 5.55. The van der Waals surface area contributed by atoms with Gasteiger partial charge < -0.3 is 10.1 Å². The van der Waals surface area contributed by atoms with Gasteiger partial charge in [0.25, 0.3) is 0 Å². The van der Waals surface area contributed by atoms with E-state index in [1.807, 2.05) is 0 Å². The van der Waals surface area contributed by atoms with Gasteiger partial charge in [-0.05, 0) is 24.6 Å². The van der Waals surface area contributed by atoms with Crippen molar-refractivity contribution >= 4 is 31.9 Å². The van der Waals surface area contributed by atoms with E-state index in [0.29, 0.717) is 30.7 Å². The van der Waals surface area contributed by atoms with Crippen molar-refractivity contribution in [2.45, 2.75) is 17.4 Å². The van der Waals surface area contributed by atoms with Crippen LogP contribution in [0.2, 0.25) is 0 Å². The molecule has 22 heavy (non-hydrogen) atoms. The Kier molecular flexibility index (Phi) is 4.54. The van der Waals surface area contributed by atoms with Crippen LogP contribution in [-0.4, -0.2) is 51.0 Å². The summed E-state index contributed by atoms with van der Waals surface area (Å²) >= 11 is 3.28. The summed E-state index contributed by atoms with van der Waals surface area (Å²) in [6.07, 6.45) is 0.548. The molecular weight excluding hydrogens is 372 g/mol. The topological polar surface area (TPSA) is 75.7 Å². The highest BCUT2D eigenvalue weighted by Crippen LogP contribution is 2.26. The van der Waals surface area contributed by atoms with E-state index in [9.17, 15) is 13.2 Å². The van der Waals surface area contributed by atoms with Crippen LogP contribution < -0.4 is 5.32 Å². The maximum atomic E-state index is 12.6. The molecule has 2 aliphatic heterocycles. The van der Waals surface area contributed by atoms with Crippen molar-refractivity contribution in [1.29, 1.82) is 0 Å². The number of benzene rings is 1. The zero-order valence-corrected chi connectivity index (χ0v) is 14.3. The van der Waals surface area contributed by atoms with Gasteiger partial charge in [-0.1, -0.05) is 22.0 Å². The molecule has 120 valence electrons. The third-order valence-electron chi connectivity index (χ3n) is 3.94. The molecule has 0 bridgehead atoms. The number of nitrogens with one attached hydrogen (secondary N) is 1. The minimum absolute atomic E-state index is 0.0724. The van der Waals surface area contributed by atoms with Crippen molar-refractivity contribution < 1.29 is 17.9 Å². The Labute approximate surface area is 138 Å². The number of hydrogen-bond donors (Lipinski definition) is 1. The van der Waals surface area contributed by atoms with E-state index < -0.39 is 10.0 Å². The lowest BCUT2D eigenvalue weighted by molar-refractivity contribution is -0.128. The molecule has 1 aromatic carbocycles. The van der Waals surface area contributed by atoms with Gasteiger partial charge in [0.2, 0.25) is 15.9 Å². The summed E-state index contributed by atoms with van der Waals surface area (Å²) in [5.41, 5.74) is 0. The van der Waals surface area contributed by atoms with Gasteiger partial charge >= 0.3 is 0 Å². The molecule has 2 fully saturated rings. The van der Waals surface area contributed by atoms with Crippen molar-refractivity contribution in [3.8, 4) is 0 Å². The molecule has 3 rings (SSSR count). The van der Waals surface area contributed by atoms with Crippen LogP contribution in [0.4, 0.5) is 0 Å². The molecule has 0 saturated carbocycles. The molecule has 1 N–H and O–H groups in total. The molecule has 1 unspecified atom stereocenters. The van der Waals surface area contributed by atoms with E-state index >= 15 is 0 Å². The van der Waals surface area contributed by atoms with E-state index in [2.05, 4.69) is 21.2 Å². The number of nitrogens with zero attached hydrogens (tertiary/aromatic N) is 1. The number of carbonyl (C=O) groups is 1. The first-order chi connectivity index (χ1) is 10.5. The fourth-order valence-electron chi connectivity index (χ4n) is 2.58. The van der Waals surface area contributed by atoms with Gasteiger partial charge in [0, 0.05) is 17.6 Å². The van der Waals surface area contributed by atoms with E-state index in [1.54, 1.807) is 24.3 Å². The highest BCUT2D eigenvalue weighted by atomic mass is 79.9. The van der Waals surface area contributed by atoms with Crippen molar-refractivity contribution in [3.63, 3.8) is 0 Å². The zero-order chi connectivity index (χ0) is 15.7. The third-order valence-corrected chi connectivity index (χ3v) is 6.29. The third kappa shape index (κ3) is 3.19. The van der Waals surface area contributed by atoms with Gasteiger partial charge in [-0.3, -0.25) is 4.79 Å². The Morgan fingerprint density at radius 3 is 2.77 bits per heavy atom. The van der Waals surface area contributed by atoms with Crippen LogP contribution in [0.5, 0.6) is 0 Å². The molecule has 1 aromatic rings. The van der Waals surface area contributed by atoms with Crippen LogP contribution >= 0.6 is 15.9 Å². The normalized spacial score (nSPS) is 23.2. The van der Waals surface area contributed by atoms with Crippen LogP contribution in [0.1, 0.15) is 6.42 Å². The molecule has 1 atom stereocenters. The predicted molar refractivity (Wildman–Crippen MR) is 83.8 cm³/mol. The Morgan fingerprint density at radius 2 is 2.14 bits per heavy atom. The van der Waals surface area contributed by atoms with Gasteiger partial charge in [0.1, 0.15) is 0 Å². The number of ether oxygens (including phenoxy) is 1. The minimum Gasteiger partial charge on any atom is -0.377 e. The average Bonchev–Trinajstić information content (AvgIpc) is 2.93. The van der Waals surface area contributed by atoms with Gasteiger partial charge in [-0.2, -0.15) is 4.31 Å². The number of hydrogen-bond acceptors (Lipinski definition) is 4. The molecule has 6 nitrogen and oxygen atoms in total. The summed E-state index contributed by atoms with van der Waals surface area (Å²) in [5.74, 6) is -0.372. The molecule has 1 amide bonds. The van der Waals surface area contributed by atoms with E-state index in [4.69, 9.17) is 4.74 Å². The molecule has 0 aliphatic carbocycles. The summed E-state index contributed by atoms with van der Waals surface area (Å²) in [6.45, 7) is 1.68. The zero-order valence-electron chi connectivity index (χ0n) is 11.9. The maximum Gasteiger partial charge on any atom is 0.243 e. The number of rotatable bonds is 4. The summed E-state index contributed by atoms with van der Waals surface area (Å²) in [5, 5.41) is 2.89. The monoisotopic (exact) mass is 388 g/mol. The Bertz CT molecular complexity index is 675. The Morgan fingerprint density at radius 1 is 1.36 bits per heavy atom. The van der Waals surface area contributed by atoms with Crippen molar-refractivity contribution in [2.75, 3.05) is 26.3 Å². The van der Waals surface area contributed by atoms with Crippen LogP contribution in [0, 0.1) is 5.92 Å². The highest BCUT2D eigenvalue weighted by molar-refractivity contribution is 9.10. The second kappa shape index (κ2) is 6.27. The maximum absolute atomic E-state index is 12.6. The Hall–Kier alpha value is -0.960. The average molecular weight is 389 g/mol. The lowest BCUT2D eigenvalue weighted by Gasteiger charge is -2.28. The van der Waals surface area contributed by atoms with Gasteiger partial charge in [-0.25, -0.2) is 8.42 Å². The molecular formula is C14H17BrN2O4S. The van der Waals surface area contributed by atoms with E-state index in [0.717, 1.165) is 0 Å². The summed E-state index contributed by atoms with van der Waals surface area (Å²) in [6, 6.07) is 6.68. The predicted octanol–water partition coefficient (Wildman–Crippen LogP) is 0.975. The molecule has 2 aliphatic rings. The summed E-state index contributed by atoms with van der Waals surface area (Å²) in [7, 11) is -3.55. The number of carbonyl (C=O) groups excluding carboxylic acids is 1. The fourth-order valence-corrected chi connectivity index (χ4v) is 4.67. The van der Waals surface area contributed by atoms with E-state index in [-0.39, 0.29) is 29.3 Å². The van der Waals surface area contributed by atoms with Gasteiger partial charge in [-0.15, -0.1) is 0 Å². The first kappa shape index (κ1) is 15.9. The van der Waals surface area contributed by atoms with E-state index in [1.165, 1.54) is 4.31 Å². The smallest absolute Gasteiger partial charge is 0.243 e. The van der Waals surface area contributed by atoms with Crippen molar-refractivity contribution in [1.82, 2.24) is 9.62 Å². The Balaban J connectivity index is 1.67. The number of halogens is 1. The van der Waals surface area contributed by atoms with Crippen LogP contribution in [-0.2, 0) is 19.6 Å². The molecule has 2 heterocycles. The molecule has 0 radical (unpaired) electrons. The minimum atomic E-state index is -3.55. The summed E-state index contributed by atoms with van der Waals surface area (Å²) in [4.78, 5) is 12.4. The number of sulfonamides is 1. The first-order valence-electron chi connectivity index (χ1n) is 7.10. The lowest BCUT2D eigenvalue weighted by atomic mass is 10.1. The molecule has 0 aromatic heterocycles. The van der Waals surface area contributed by atoms with Crippen molar-refractivity contribution in [2.24, 2.45) is 5.92 Å². The SMILES string of the molecule is O=C(NC1COC1)C1CCN(S(=O)(=O)c2cccc(Br)c2)C1. The largest absolute Gasteiger partial charge is 0.377 e. The quantitative estimate of drug-likeness (QED) is 0.833. The number of amides is 1. The molecule has 0 spiro atoms. The fraction of sp³-hybridized carbons (Fsp3) is 0.500. The lowest BCUT2D eigenvalue weighted by Crippen LogP contribution is -2.50. The van der Waals surface area contributed by atoms with Gasteiger partial charge in [0.15, 0.2) is 0 Å². The van der Waals surface area contributed by atoms with Crippen LogP contribution in [0.15, 0.2) is 33.6 Å². The molecule has 2 saturated heterocycles. The summed E-state index contributed by atoms with van der Waals surface area (Å²) < 4.78 is 32.3. The first-order valence-corrected chi connectivity index (χ1v) is 9.34. The molecule has 8 heteroatoms. The van der Waals surface area contributed by atoms with Gasteiger partial charge in [0.05, 0.1) is 30.1 Å².